The summed E-state index contributed by atoms with van der Waals surface area (Å²) in [5, 5.41) is 30.6. The van der Waals surface area contributed by atoms with Crippen LogP contribution in [0.3, 0.4) is 0 Å². The third-order valence-electron chi connectivity index (χ3n) is 6.54. The van der Waals surface area contributed by atoms with Gasteiger partial charge >= 0.3 is 41.2 Å². The second kappa shape index (κ2) is 16.2. The van der Waals surface area contributed by atoms with Crippen molar-refractivity contribution in [3.05, 3.63) is 66.8 Å². The van der Waals surface area contributed by atoms with E-state index in [0.717, 1.165) is 12.5 Å². The van der Waals surface area contributed by atoms with Crippen LogP contribution in [0, 0.1) is 7.43 Å². The summed E-state index contributed by atoms with van der Waals surface area (Å²) in [5.41, 5.74) is -1.75. The smallest absolute Gasteiger partial charge is 0.480 e. The molecule has 1 aromatic heterocycles. The Kier molecular flexibility index (Phi) is 14.1. The van der Waals surface area contributed by atoms with E-state index in [1.807, 2.05) is 0 Å². The van der Waals surface area contributed by atoms with Crippen LogP contribution in [0.15, 0.2) is 42.6 Å². The number of benzene rings is 1. The van der Waals surface area contributed by atoms with Crippen LogP contribution in [-0.2, 0) is 44.2 Å². The molecule has 1 aliphatic rings. The fourth-order valence-corrected chi connectivity index (χ4v) is 4.94. The Hall–Kier alpha value is -3.52. The molecule has 1 heterocycles. The summed E-state index contributed by atoms with van der Waals surface area (Å²) >= 11 is 0. The molecular formula is C27H32F3FeN4O7+2. The van der Waals surface area contributed by atoms with Gasteiger partial charge in [-0.15, -0.1) is 0 Å². The van der Waals surface area contributed by atoms with Crippen molar-refractivity contribution in [3.8, 4) is 0 Å². The van der Waals surface area contributed by atoms with Crippen LogP contribution in [0.4, 0.5) is 18.9 Å². The predicted molar refractivity (Wildman–Crippen MR) is 141 cm³/mol. The number of rotatable bonds is 12. The number of anilines is 1. The molecule has 1 fully saturated rings. The number of carboxylic acids is 3. The maximum absolute atomic E-state index is 13.3. The number of nitrogens with zero attached hydrogens (tertiary/aromatic N) is 3. The number of carbonyl (C=O) groups is 4. The summed E-state index contributed by atoms with van der Waals surface area (Å²) in [6.45, 7) is -1.30. The first-order valence-electron chi connectivity index (χ1n) is 12.4. The number of hydrogen-bond acceptors (Lipinski definition) is 7. The Morgan fingerprint density at radius 2 is 1.50 bits per heavy atom. The summed E-state index contributed by atoms with van der Waals surface area (Å²) < 4.78 is 39.8. The van der Waals surface area contributed by atoms with Crippen molar-refractivity contribution in [2.75, 3.05) is 25.0 Å². The number of alkyl halides is 3. The maximum Gasteiger partial charge on any atom is 3.00 e. The first-order valence-corrected chi connectivity index (χ1v) is 12.4. The van der Waals surface area contributed by atoms with Gasteiger partial charge in [0.05, 0.1) is 36.5 Å². The summed E-state index contributed by atoms with van der Waals surface area (Å²) in [7, 11) is 0. The van der Waals surface area contributed by atoms with E-state index in [2.05, 4.69) is 10.3 Å². The van der Waals surface area contributed by atoms with Crippen molar-refractivity contribution >= 4 is 29.5 Å². The van der Waals surface area contributed by atoms with Crippen LogP contribution < -0.4 is 5.32 Å². The monoisotopic (exact) mass is 637 g/mol. The molecule has 1 unspecified atom stereocenters. The van der Waals surface area contributed by atoms with Crippen LogP contribution in [0.2, 0.25) is 0 Å². The maximum atomic E-state index is 13.3. The van der Waals surface area contributed by atoms with Gasteiger partial charge in [-0.1, -0.05) is 18.9 Å². The molecule has 3 rings (SSSR count). The number of carboxylic acid groups (broad SMARTS) is 3. The average Bonchev–Trinajstić information content (AvgIpc) is 2.87. The molecule has 2 aromatic rings. The van der Waals surface area contributed by atoms with Crippen LogP contribution in [0.25, 0.3) is 0 Å². The van der Waals surface area contributed by atoms with Crippen molar-refractivity contribution in [1.82, 2.24) is 14.8 Å². The number of aromatic nitrogens is 1. The molecule has 2 atom stereocenters. The molecule has 0 bridgehead atoms. The van der Waals surface area contributed by atoms with E-state index in [-0.39, 0.29) is 37.6 Å². The van der Waals surface area contributed by atoms with Gasteiger partial charge < -0.3 is 28.1 Å². The van der Waals surface area contributed by atoms with Crippen LogP contribution in [0.1, 0.15) is 47.3 Å². The predicted octanol–water partition coefficient (Wildman–Crippen LogP) is 3.47. The molecule has 0 spiro atoms. The topological polar surface area (TPSA) is 160 Å². The fourth-order valence-electron chi connectivity index (χ4n) is 4.94. The minimum atomic E-state index is -4.86. The van der Waals surface area contributed by atoms with Crippen molar-refractivity contribution < 1.29 is 64.7 Å². The van der Waals surface area contributed by atoms with E-state index in [1.165, 1.54) is 4.90 Å². The van der Waals surface area contributed by atoms with Crippen molar-refractivity contribution in [3.63, 3.8) is 0 Å². The Morgan fingerprint density at radius 3 is 2.02 bits per heavy atom. The van der Waals surface area contributed by atoms with Gasteiger partial charge in [0, 0.05) is 30.5 Å². The van der Waals surface area contributed by atoms with E-state index in [9.17, 15) is 47.7 Å². The van der Waals surface area contributed by atoms with Crippen LogP contribution >= 0.6 is 0 Å². The summed E-state index contributed by atoms with van der Waals surface area (Å²) in [6, 6.07) is 6.10. The summed E-state index contributed by atoms with van der Waals surface area (Å²) in [4.78, 5) is 55.0. The number of halogens is 3. The van der Waals surface area contributed by atoms with Gasteiger partial charge in [0.15, 0.2) is 0 Å². The number of aromatic carboxylic acids is 1. The Morgan fingerprint density at radius 1 is 0.905 bits per heavy atom. The second-order valence-electron chi connectivity index (χ2n) is 9.49. The molecule has 11 nitrogen and oxygen atoms in total. The van der Waals surface area contributed by atoms with Gasteiger partial charge in [0.2, 0.25) is 5.91 Å². The Labute approximate surface area is 251 Å². The molecule has 1 radical (unpaired) electrons. The van der Waals surface area contributed by atoms with Crippen molar-refractivity contribution in [2.24, 2.45) is 0 Å². The third kappa shape index (κ3) is 10.7. The molecule has 15 heteroatoms. The van der Waals surface area contributed by atoms with E-state index < -0.39 is 72.0 Å². The Balaban J connectivity index is 0.00000441. The van der Waals surface area contributed by atoms with Gasteiger partial charge in [0.25, 0.3) is 0 Å². The van der Waals surface area contributed by atoms with Gasteiger partial charge in [-0.2, -0.15) is 13.2 Å². The number of hydrogen-bond donors (Lipinski definition) is 4. The molecule has 4 N–H and O–H groups in total. The number of carbonyl (C=O) groups excluding carboxylic acids is 1. The van der Waals surface area contributed by atoms with Gasteiger partial charge in [-0.05, 0) is 43.2 Å². The normalized spacial score (nSPS) is 16.7. The number of pyridine rings is 1. The van der Waals surface area contributed by atoms with Gasteiger partial charge in [0.1, 0.15) is 0 Å². The minimum Gasteiger partial charge on any atom is -0.480 e. The fraction of sp³-hybridized carbons (Fsp3) is 0.407. The molecule has 229 valence electrons. The van der Waals surface area contributed by atoms with Crippen LogP contribution in [-0.4, -0.2) is 85.6 Å². The standard InChI is InChI=1S/C26H29F3N4O7.CH3.Fe/c27-26(28,29)17-9-16(25(39)40)10-19(11-17)31-22(34)13-33(15-24(37)38)21-7-2-1-6-20(21)32(14-23(35)36)12-18-5-3-4-8-30-18;;/h3-5,8-11,20-21H,1-2,6-7,12-15H2,(H,31,34)(H,35,36)(H,37,38)(H,39,40);1H3;/q;-1;+3/t20-,21?;;/m0../s1. The SMILES string of the molecule is O=C(O)CN(CC(=O)Nc1cc(C(=O)O)cc(C(F)(F)F)c1)C1CCCC[C@@H]1N(CC(=O)O)Cc1ccccn1.[CH3-].[Fe+3]. The van der Waals surface area contributed by atoms with Crippen molar-refractivity contribution in [1.29, 1.82) is 0 Å². The zero-order valence-electron chi connectivity index (χ0n) is 22.7. The summed E-state index contributed by atoms with van der Waals surface area (Å²) in [5.74, 6) is -4.82. The zero-order valence-corrected chi connectivity index (χ0v) is 23.8. The first kappa shape index (κ1) is 36.5. The molecule has 1 amide bonds. The second-order valence-corrected chi connectivity index (χ2v) is 9.49. The van der Waals surface area contributed by atoms with Gasteiger partial charge in [-0.25, -0.2) is 4.79 Å². The van der Waals surface area contributed by atoms with Gasteiger partial charge in [-0.3, -0.25) is 29.2 Å². The summed E-state index contributed by atoms with van der Waals surface area (Å²) in [6.07, 6.45) is -0.879. The largest absolute Gasteiger partial charge is 3.00 e. The average molecular weight is 637 g/mol. The minimum absolute atomic E-state index is 0. The molecular weight excluding hydrogens is 605 g/mol. The molecule has 0 saturated heterocycles. The molecule has 1 aromatic carbocycles. The molecule has 42 heavy (non-hydrogen) atoms. The van der Waals surface area contributed by atoms with E-state index in [4.69, 9.17) is 0 Å². The molecule has 0 aliphatic heterocycles. The van der Waals surface area contributed by atoms with Crippen LogP contribution in [0.5, 0.6) is 0 Å². The first-order chi connectivity index (χ1) is 18.8. The van der Waals surface area contributed by atoms with E-state index in [0.29, 0.717) is 37.1 Å². The quantitative estimate of drug-likeness (QED) is 0.201. The van der Waals surface area contributed by atoms with E-state index in [1.54, 1.807) is 29.3 Å². The zero-order chi connectivity index (χ0) is 29.4. The number of aliphatic carboxylic acids is 2. The van der Waals surface area contributed by atoms with Crippen molar-refractivity contribution in [2.45, 2.75) is 50.5 Å². The third-order valence-corrected chi connectivity index (χ3v) is 6.54. The number of amides is 1. The number of nitrogens with one attached hydrogen (secondary N) is 1. The molecule has 1 saturated carbocycles. The molecule has 1 aliphatic carbocycles. The Bertz CT molecular complexity index is 1230. The van der Waals surface area contributed by atoms with E-state index >= 15 is 0 Å².